The molecule has 3 aliphatic carbocycles. The van der Waals surface area contributed by atoms with Gasteiger partial charge in [0, 0.05) is 69.6 Å². The third-order valence-electron chi connectivity index (χ3n) is 10.4. The largest absolute Gasteiger partial charge is 0.510 e. The van der Waals surface area contributed by atoms with Gasteiger partial charge in [-0.2, -0.15) is 0 Å². The number of primary amides is 1. The van der Waals surface area contributed by atoms with E-state index in [9.17, 15) is 34.8 Å². The van der Waals surface area contributed by atoms with Crippen molar-refractivity contribution in [3.05, 3.63) is 69.7 Å². The number of allylic oxidation sites excluding steroid dienone is 1. The van der Waals surface area contributed by atoms with Crippen molar-refractivity contribution in [3.63, 3.8) is 0 Å². The number of hydrogen-bond donors (Lipinski definition) is 5. The zero-order valence-electron chi connectivity index (χ0n) is 27.4. The lowest BCUT2D eigenvalue weighted by molar-refractivity contribution is -0.148. The lowest BCUT2D eigenvalue weighted by Gasteiger charge is -2.50. The molecule has 6 N–H and O–H groups in total. The molecule has 1 aliphatic heterocycles. The minimum Gasteiger partial charge on any atom is -0.510 e. The molecule has 0 bridgehead atoms. The number of benzene rings is 2. The number of piperazine rings is 1. The van der Waals surface area contributed by atoms with Crippen LogP contribution in [0.25, 0.3) is 11.1 Å². The summed E-state index contributed by atoms with van der Waals surface area (Å²) in [7, 11) is 9.03. The fraction of sp³-hybridized carbons (Fsp3) is 0.457. The van der Waals surface area contributed by atoms with Gasteiger partial charge in [-0.05, 0) is 68.7 Å². The smallest absolute Gasteiger partial charge is 0.255 e. The van der Waals surface area contributed by atoms with Crippen molar-refractivity contribution < 1.29 is 34.8 Å². The van der Waals surface area contributed by atoms with E-state index >= 15 is 0 Å². The Balaban J connectivity index is 1.46. The first-order chi connectivity index (χ1) is 22.2. The van der Waals surface area contributed by atoms with Crippen LogP contribution in [0.5, 0.6) is 5.75 Å². The Bertz CT molecular complexity index is 1740. The molecular weight excluding hydrogens is 602 g/mol. The number of nitrogens with zero attached hydrogens (tertiary/aromatic N) is 4. The Morgan fingerprint density at radius 1 is 1.04 bits per heavy atom. The Labute approximate surface area is 274 Å². The number of aliphatic hydroxyl groups is 3. The van der Waals surface area contributed by atoms with E-state index in [1.54, 1.807) is 19.0 Å². The minimum atomic E-state index is -2.68. The first kappa shape index (κ1) is 32.7. The van der Waals surface area contributed by atoms with Crippen LogP contribution >= 0.6 is 0 Å². The van der Waals surface area contributed by atoms with Crippen LogP contribution in [0.1, 0.15) is 27.9 Å². The normalized spacial score (nSPS) is 26.7. The Hall–Kier alpha value is -4.23. The van der Waals surface area contributed by atoms with Gasteiger partial charge in [-0.15, -0.1) is 0 Å². The summed E-state index contributed by atoms with van der Waals surface area (Å²) < 4.78 is 0. The van der Waals surface area contributed by atoms with Gasteiger partial charge in [0.2, 0.25) is 5.78 Å². The number of fused-ring (bicyclic) bond motifs is 3. The second-order valence-electron chi connectivity index (χ2n) is 13.8. The van der Waals surface area contributed by atoms with Gasteiger partial charge in [-0.3, -0.25) is 24.2 Å². The summed E-state index contributed by atoms with van der Waals surface area (Å²) in [5.74, 6) is -6.64. The zero-order valence-corrected chi connectivity index (χ0v) is 27.4. The Morgan fingerprint density at radius 3 is 2.34 bits per heavy atom. The molecule has 0 spiro atoms. The van der Waals surface area contributed by atoms with Crippen molar-refractivity contribution in [1.29, 1.82) is 0 Å². The van der Waals surface area contributed by atoms with Crippen LogP contribution in [0.3, 0.4) is 0 Å². The molecule has 12 heteroatoms. The molecule has 4 atom stereocenters. The zero-order chi connectivity index (χ0) is 34.1. The number of hydrogen-bond acceptors (Lipinski definition) is 11. The van der Waals surface area contributed by atoms with Crippen LogP contribution in [-0.4, -0.2) is 126 Å². The second-order valence-corrected chi connectivity index (χ2v) is 13.8. The van der Waals surface area contributed by atoms with Crippen LogP contribution in [0.15, 0.2) is 53.0 Å². The number of amides is 1. The predicted molar refractivity (Wildman–Crippen MR) is 176 cm³/mol. The molecule has 12 nitrogen and oxygen atoms in total. The highest BCUT2D eigenvalue weighted by Gasteiger charge is 2.63. The molecule has 47 heavy (non-hydrogen) atoms. The summed E-state index contributed by atoms with van der Waals surface area (Å²) in [6, 6.07) is 8.67. The number of phenolic OH excluding ortho intramolecular Hbond substituents is 1. The van der Waals surface area contributed by atoms with Gasteiger partial charge in [-0.25, -0.2) is 0 Å². The van der Waals surface area contributed by atoms with Crippen LogP contribution < -0.4 is 10.6 Å². The number of aromatic hydroxyl groups is 1. The Morgan fingerprint density at radius 2 is 1.72 bits per heavy atom. The van der Waals surface area contributed by atoms with Gasteiger partial charge in [0.1, 0.15) is 22.8 Å². The maximum atomic E-state index is 14.4. The number of ketones is 2. The van der Waals surface area contributed by atoms with Crippen molar-refractivity contribution >= 4 is 23.2 Å². The number of aliphatic hydroxyl groups excluding tert-OH is 2. The third-order valence-corrected chi connectivity index (χ3v) is 10.4. The number of anilines is 1. The number of rotatable bonds is 6. The number of carbonyl (C=O) groups is 3. The van der Waals surface area contributed by atoms with E-state index in [2.05, 4.69) is 16.8 Å². The van der Waals surface area contributed by atoms with E-state index in [1.807, 2.05) is 49.3 Å². The maximum Gasteiger partial charge on any atom is 0.255 e. The summed E-state index contributed by atoms with van der Waals surface area (Å²) in [5.41, 5.74) is 5.30. The number of Topliss-reactive ketones (excluding diaryl/α,β-unsaturated/α-hetero) is 2. The number of nitrogens with two attached hydrogens (primary N) is 1. The van der Waals surface area contributed by atoms with Crippen molar-refractivity contribution in [2.24, 2.45) is 17.6 Å². The number of phenols is 1. The minimum absolute atomic E-state index is 0.00328. The van der Waals surface area contributed by atoms with Gasteiger partial charge < -0.3 is 36.0 Å². The van der Waals surface area contributed by atoms with Gasteiger partial charge >= 0.3 is 0 Å². The van der Waals surface area contributed by atoms with Crippen LogP contribution in [0.4, 0.5) is 5.69 Å². The summed E-state index contributed by atoms with van der Waals surface area (Å²) >= 11 is 0. The molecular formula is C35H43N5O7. The summed E-state index contributed by atoms with van der Waals surface area (Å²) in [6.45, 7) is 4.62. The fourth-order valence-electron chi connectivity index (χ4n) is 8.02. The van der Waals surface area contributed by atoms with E-state index in [0.29, 0.717) is 16.8 Å². The second kappa shape index (κ2) is 11.8. The highest BCUT2D eigenvalue weighted by atomic mass is 16.3. The highest BCUT2D eigenvalue weighted by molar-refractivity contribution is 6.25. The highest BCUT2D eigenvalue weighted by Crippen LogP contribution is 2.54. The van der Waals surface area contributed by atoms with Gasteiger partial charge in [0.25, 0.3) is 5.91 Å². The molecule has 0 radical (unpaired) electrons. The average molecular weight is 646 g/mol. The molecule has 1 saturated heterocycles. The average Bonchev–Trinajstić information content (AvgIpc) is 3.00. The molecule has 1 heterocycles. The van der Waals surface area contributed by atoms with Gasteiger partial charge in [0.15, 0.2) is 11.4 Å². The van der Waals surface area contributed by atoms with Gasteiger partial charge in [0.05, 0.1) is 11.6 Å². The van der Waals surface area contributed by atoms with E-state index < -0.39 is 58.0 Å². The van der Waals surface area contributed by atoms with Crippen molar-refractivity contribution in [3.8, 4) is 16.9 Å². The van der Waals surface area contributed by atoms with E-state index in [0.717, 1.165) is 43.9 Å². The lowest BCUT2D eigenvalue weighted by atomic mass is 9.58. The number of carbonyl (C=O) groups excluding carboxylic acids is 3. The summed E-state index contributed by atoms with van der Waals surface area (Å²) in [5, 5.41) is 46.4. The standard InChI is InChI=1S/C35H43N5O7/c1-37(2)24-16-21(19-8-6-7-18(13-19)17-40-11-9-39(5)10-12-40)29(41)26-22(24)14-20-15-23-28(38(3)4)31(43)27(34(36)46)33(45)35(23,47)32(44)25(20)30(26)42/h6-8,13,16,20,23,28,41,43-44,47H,9-12,14-15,17H2,1-5H3,(H2,36,46)/t20-,23-,28-,35-/m1/s1. The van der Waals surface area contributed by atoms with Gasteiger partial charge in [-0.1, -0.05) is 18.2 Å². The molecule has 0 saturated carbocycles. The first-order valence-corrected chi connectivity index (χ1v) is 15.9. The van der Waals surface area contributed by atoms with Crippen molar-refractivity contribution in [2.45, 2.75) is 31.0 Å². The summed E-state index contributed by atoms with van der Waals surface area (Å²) in [4.78, 5) is 48.4. The van der Waals surface area contributed by atoms with Crippen molar-refractivity contribution in [2.75, 3.05) is 66.3 Å². The molecule has 0 aromatic heterocycles. The topological polar surface area (TPSA) is 171 Å². The SMILES string of the molecule is CN1CCN(Cc2cccc(-c3cc(N(C)C)c4c(c3O)C(=O)C3=C(O)[C@@]5(O)C(=O)C(C(N)=O)=C(O)[C@H](N(C)C)[C@H]5C[C@H]3C4)c2)CC1. The molecule has 2 aromatic rings. The monoisotopic (exact) mass is 645 g/mol. The predicted octanol–water partition coefficient (Wildman–Crippen LogP) is 1.60. The quantitative estimate of drug-likeness (QED) is 0.289. The molecule has 4 aliphatic rings. The molecule has 1 fully saturated rings. The molecule has 2 aromatic carbocycles. The van der Waals surface area contributed by atoms with Crippen molar-refractivity contribution in [1.82, 2.24) is 14.7 Å². The molecule has 1 amide bonds. The maximum absolute atomic E-state index is 14.4. The van der Waals surface area contributed by atoms with Crippen LogP contribution in [0, 0.1) is 11.8 Å². The molecule has 250 valence electrons. The Kier molecular flexibility index (Phi) is 8.20. The fourth-order valence-corrected chi connectivity index (χ4v) is 8.02. The van der Waals surface area contributed by atoms with Crippen LogP contribution in [0.2, 0.25) is 0 Å². The first-order valence-electron chi connectivity index (χ1n) is 15.9. The van der Waals surface area contributed by atoms with E-state index in [-0.39, 0.29) is 29.7 Å². The number of likely N-dealkylation sites (N-methyl/N-ethyl adjacent to an activating group) is 2. The molecule has 6 rings (SSSR count). The third kappa shape index (κ3) is 5.10. The van der Waals surface area contributed by atoms with Crippen LogP contribution in [-0.2, 0) is 22.6 Å². The lowest BCUT2D eigenvalue weighted by Crippen LogP contribution is -2.63. The van der Waals surface area contributed by atoms with E-state index in [1.165, 1.54) is 0 Å². The summed E-state index contributed by atoms with van der Waals surface area (Å²) in [6.07, 6.45) is 0.259. The van der Waals surface area contributed by atoms with E-state index in [4.69, 9.17) is 5.73 Å². The molecule has 0 unspecified atom stereocenters.